The zero-order valence-electron chi connectivity index (χ0n) is 14.1. The molecule has 1 amide bonds. The van der Waals surface area contributed by atoms with Gasteiger partial charge in [-0.2, -0.15) is 0 Å². The van der Waals surface area contributed by atoms with Crippen LogP contribution in [0.4, 0.5) is 5.69 Å². The molecule has 1 atom stereocenters. The first kappa shape index (κ1) is 17.1. The molecule has 0 saturated carbocycles. The average molecular weight is 386 g/mol. The predicted octanol–water partition coefficient (Wildman–Crippen LogP) is 4.69. The second kappa shape index (κ2) is 6.74. The predicted molar refractivity (Wildman–Crippen MR) is 104 cm³/mol. The van der Waals surface area contributed by atoms with Gasteiger partial charge in [0.05, 0.1) is 5.02 Å². The Morgan fingerprint density at radius 3 is 2.69 bits per heavy atom. The van der Waals surface area contributed by atoms with Crippen LogP contribution in [0.15, 0.2) is 48.5 Å². The van der Waals surface area contributed by atoms with Crippen LogP contribution in [0, 0.1) is 0 Å². The third kappa shape index (κ3) is 2.87. The van der Waals surface area contributed by atoms with Gasteiger partial charge in [-0.25, -0.2) is 4.79 Å². The number of benzene rings is 2. The summed E-state index contributed by atoms with van der Waals surface area (Å²) in [6, 6.07) is 15.3. The number of rotatable bonds is 3. The maximum absolute atomic E-state index is 12.8. The van der Waals surface area contributed by atoms with E-state index >= 15 is 0 Å². The van der Waals surface area contributed by atoms with E-state index in [-0.39, 0.29) is 5.91 Å². The zero-order valence-corrected chi connectivity index (χ0v) is 15.6. The molecule has 1 aliphatic heterocycles. The lowest BCUT2D eigenvalue weighted by molar-refractivity contribution is -0.126. The van der Waals surface area contributed by atoms with Crippen molar-refractivity contribution in [1.29, 1.82) is 0 Å². The summed E-state index contributed by atoms with van der Waals surface area (Å²) in [6.45, 7) is 2.20. The van der Waals surface area contributed by atoms with Crippen molar-refractivity contribution in [1.82, 2.24) is 0 Å². The van der Waals surface area contributed by atoms with Gasteiger partial charge in [-0.1, -0.05) is 48.0 Å². The highest BCUT2D eigenvalue weighted by Crippen LogP contribution is 2.36. The van der Waals surface area contributed by atoms with Gasteiger partial charge in [0.2, 0.25) is 0 Å². The van der Waals surface area contributed by atoms with Crippen LogP contribution in [0.1, 0.15) is 22.2 Å². The fraction of sp³-hybridized carbons (Fsp3) is 0.200. The first-order chi connectivity index (χ1) is 12.6. The molecule has 0 radical (unpaired) electrons. The highest BCUT2D eigenvalue weighted by Gasteiger charge is 2.30. The minimum Gasteiger partial charge on any atom is -0.448 e. The Kier molecular flexibility index (Phi) is 4.42. The van der Waals surface area contributed by atoms with Crippen LogP contribution in [0.5, 0.6) is 0 Å². The Balaban J connectivity index is 1.52. The quantitative estimate of drug-likeness (QED) is 0.614. The molecule has 0 N–H and O–H groups in total. The number of para-hydroxylation sites is 1. The molecule has 0 unspecified atom stereocenters. The normalized spacial score (nSPS) is 14.3. The van der Waals surface area contributed by atoms with Gasteiger partial charge in [-0.3, -0.25) is 4.79 Å². The van der Waals surface area contributed by atoms with Crippen LogP contribution >= 0.6 is 22.9 Å². The number of thiophene rings is 1. The van der Waals surface area contributed by atoms with Crippen molar-refractivity contribution in [2.75, 3.05) is 11.4 Å². The van der Waals surface area contributed by atoms with E-state index in [1.807, 2.05) is 48.5 Å². The van der Waals surface area contributed by atoms with Crippen molar-refractivity contribution >= 4 is 50.6 Å². The first-order valence-electron chi connectivity index (χ1n) is 8.33. The van der Waals surface area contributed by atoms with Gasteiger partial charge >= 0.3 is 5.97 Å². The molecule has 26 heavy (non-hydrogen) atoms. The molecule has 0 fully saturated rings. The lowest BCUT2D eigenvalue weighted by atomic mass is 10.2. The summed E-state index contributed by atoms with van der Waals surface area (Å²) in [5, 5.41) is 1.19. The fourth-order valence-electron chi connectivity index (χ4n) is 3.20. The third-order valence-corrected chi connectivity index (χ3v) is 6.16. The summed E-state index contributed by atoms with van der Waals surface area (Å²) >= 11 is 7.60. The van der Waals surface area contributed by atoms with Gasteiger partial charge in [0.1, 0.15) is 4.88 Å². The minimum absolute atomic E-state index is 0.222. The van der Waals surface area contributed by atoms with Gasteiger partial charge < -0.3 is 9.64 Å². The van der Waals surface area contributed by atoms with Crippen molar-refractivity contribution in [2.45, 2.75) is 19.4 Å². The van der Waals surface area contributed by atoms with Crippen molar-refractivity contribution in [3.63, 3.8) is 0 Å². The molecular weight excluding hydrogens is 370 g/mol. The number of nitrogens with zero attached hydrogens (tertiary/aromatic N) is 1. The largest absolute Gasteiger partial charge is 0.448 e. The molecule has 0 saturated heterocycles. The van der Waals surface area contributed by atoms with Gasteiger partial charge in [-0.05, 0) is 31.0 Å². The second-order valence-electron chi connectivity index (χ2n) is 6.16. The molecule has 0 aliphatic carbocycles. The van der Waals surface area contributed by atoms with Crippen LogP contribution < -0.4 is 4.90 Å². The number of carbonyl (C=O) groups is 2. The number of anilines is 1. The number of esters is 1. The highest BCUT2D eigenvalue weighted by atomic mass is 35.5. The Hall–Kier alpha value is -2.37. The number of hydrogen-bond acceptors (Lipinski definition) is 4. The van der Waals surface area contributed by atoms with E-state index < -0.39 is 12.1 Å². The average Bonchev–Trinajstić information content (AvgIpc) is 3.23. The summed E-state index contributed by atoms with van der Waals surface area (Å²) in [5.41, 5.74) is 2.02. The number of halogens is 1. The van der Waals surface area contributed by atoms with E-state index in [9.17, 15) is 9.59 Å². The Morgan fingerprint density at radius 1 is 1.15 bits per heavy atom. The van der Waals surface area contributed by atoms with E-state index in [4.69, 9.17) is 16.3 Å². The van der Waals surface area contributed by atoms with Crippen LogP contribution in [-0.2, 0) is 16.0 Å². The van der Waals surface area contributed by atoms with Crippen LogP contribution in [0.25, 0.3) is 10.1 Å². The van der Waals surface area contributed by atoms with E-state index in [0.29, 0.717) is 16.4 Å². The molecule has 132 valence electrons. The Labute approximate surface area is 159 Å². The Morgan fingerprint density at radius 2 is 1.88 bits per heavy atom. The molecule has 1 aromatic heterocycles. The van der Waals surface area contributed by atoms with E-state index in [2.05, 4.69) is 0 Å². The monoisotopic (exact) mass is 385 g/mol. The number of fused-ring (bicyclic) bond motifs is 2. The maximum atomic E-state index is 12.8. The summed E-state index contributed by atoms with van der Waals surface area (Å²) in [5.74, 6) is -0.787. The topological polar surface area (TPSA) is 46.6 Å². The van der Waals surface area contributed by atoms with Gasteiger partial charge in [0.15, 0.2) is 6.10 Å². The molecule has 2 heterocycles. The van der Waals surface area contributed by atoms with E-state index in [1.165, 1.54) is 11.3 Å². The lowest BCUT2D eigenvalue weighted by Crippen LogP contribution is -2.39. The SMILES string of the molecule is C[C@@H](OC(=O)c1sc2ccccc2c1Cl)C(=O)N1CCc2ccccc21. The first-order valence-corrected chi connectivity index (χ1v) is 9.53. The Bertz CT molecular complexity index is 1010. The molecule has 3 aromatic rings. The van der Waals surface area contributed by atoms with Crippen molar-refractivity contribution in [2.24, 2.45) is 0 Å². The molecular formula is C20H16ClNO3S. The summed E-state index contributed by atoms with van der Waals surface area (Å²) in [4.78, 5) is 27.3. The summed E-state index contributed by atoms with van der Waals surface area (Å²) in [7, 11) is 0. The van der Waals surface area contributed by atoms with Gasteiger partial charge in [0, 0.05) is 22.3 Å². The number of carbonyl (C=O) groups excluding carboxylic acids is 2. The molecule has 0 spiro atoms. The van der Waals surface area contributed by atoms with Crippen molar-refractivity contribution < 1.29 is 14.3 Å². The van der Waals surface area contributed by atoms with Gasteiger partial charge in [-0.15, -0.1) is 11.3 Å². The summed E-state index contributed by atoms with van der Waals surface area (Å²) < 4.78 is 6.35. The van der Waals surface area contributed by atoms with Crippen molar-refractivity contribution in [3.8, 4) is 0 Å². The molecule has 0 bridgehead atoms. The van der Waals surface area contributed by atoms with E-state index in [0.717, 1.165) is 27.8 Å². The number of amides is 1. The highest BCUT2D eigenvalue weighted by molar-refractivity contribution is 7.21. The van der Waals surface area contributed by atoms with Crippen molar-refractivity contribution in [3.05, 3.63) is 64.0 Å². The number of hydrogen-bond donors (Lipinski definition) is 0. The zero-order chi connectivity index (χ0) is 18.3. The van der Waals surface area contributed by atoms with Crippen LogP contribution in [0.2, 0.25) is 5.02 Å². The molecule has 2 aromatic carbocycles. The van der Waals surface area contributed by atoms with Crippen LogP contribution in [0.3, 0.4) is 0 Å². The fourth-order valence-corrected chi connectivity index (χ4v) is 4.59. The molecule has 4 rings (SSSR count). The van der Waals surface area contributed by atoms with Crippen LogP contribution in [-0.4, -0.2) is 24.5 Å². The molecule has 4 nitrogen and oxygen atoms in total. The van der Waals surface area contributed by atoms with E-state index in [1.54, 1.807) is 11.8 Å². The van der Waals surface area contributed by atoms with Gasteiger partial charge in [0.25, 0.3) is 5.91 Å². The minimum atomic E-state index is -0.880. The number of ether oxygens (including phenoxy) is 1. The smallest absolute Gasteiger partial charge is 0.350 e. The summed E-state index contributed by atoms with van der Waals surface area (Å²) in [6.07, 6.45) is -0.0694. The third-order valence-electron chi connectivity index (χ3n) is 4.51. The second-order valence-corrected chi connectivity index (χ2v) is 7.59. The maximum Gasteiger partial charge on any atom is 0.350 e. The molecule has 1 aliphatic rings. The lowest BCUT2D eigenvalue weighted by Gasteiger charge is -2.21. The molecule has 6 heteroatoms. The standard InChI is InChI=1S/C20H16ClNO3S/c1-12(19(23)22-11-10-13-6-2-4-8-15(13)22)25-20(24)18-17(21)14-7-3-5-9-16(14)26-18/h2-9,12H,10-11H2,1H3/t12-/m1/s1.